The number of nitrogens with zero attached hydrogens (tertiary/aromatic N) is 3. The van der Waals surface area contributed by atoms with Crippen molar-refractivity contribution in [2.75, 3.05) is 25.7 Å². The molecular weight excluding hydrogens is 473 g/mol. The fourth-order valence-electron chi connectivity index (χ4n) is 3.10. The van der Waals surface area contributed by atoms with Crippen molar-refractivity contribution < 1.29 is 35.5 Å². The Morgan fingerprint density at radius 1 is 1.12 bits per heavy atom. The number of nitrogens with one attached hydrogen (secondary N) is 1. The van der Waals surface area contributed by atoms with Crippen molar-refractivity contribution in [2.45, 2.75) is 18.9 Å². The highest BCUT2D eigenvalue weighted by Gasteiger charge is 2.38. The van der Waals surface area contributed by atoms with Gasteiger partial charge in [0.25, 0.3) is 12.3 Å². The number of carbonyl (C=O) groups excluding carboxylic acids is 1. The van der Waals surface area contributed by atoms with Crippen molar-refractivity contribution in [3.05, 3.63) is 63.5 Å². The summed E-state index contributed by atoms with van der Waals surface area (Å²) in [4.78, 5) is 30.7. The van der Waals surface area contributed by atoms with E-state index in [9.17, 15) is 40.3 Å². The Kier molecular flexibility index (Phi) is 6.58. The molecule has 1 unspecified atom stereocenters. The fraction of sp³-hybridized carbons (Fsp3) is 0.286. The molecule has 0 bridgehead atoms. The highest BCUT2D eigenvalue weighted by atomic mass is 19.3. The van der Waals surface area contributed by atoms with Gasteiger partial charge < -0.3 is 10.2 Å². The molecule has 13 heteroatoms. The molecule has 1 amide bonds. The molecule has 0 aliphatic carbocycles. The topological polar surface area (TPSA) is 67.2 Å². The van der Waals surface area contributed by atoms with Gasteiger partial charge in [0.05, 0.1) is 5.39 Å². The first-order valence-corrected chi connectivity index (χ1v) is 9.55. The lowest BCUT2D eigenvalue weighted by molar-refractivity contribution is 0.0238. The molecule has 2 heterocycles. The first-order valence-electron chi connectivity index (χ1n) is 9.55. The number of hydrogen-bond donors (Lipinski definition) is 1. The van der Waals surface area contributed by atoms with Gasteiger partial charge in [-0.05, 0) is 13.0 Å². The molecule has 0 fully saturated rings. The Labute approximate surface area is 187 Å². The summed E-state index contributed by atoms with van der Waals surface area (Å²) in [6, 6.07) is 1.28. The summed E-state index contributed by atoms with van der Waals surface area (Å²) in [7, 11) is 2.78. The predicted octanol–water partition coefficient (Wildman–Crippen LogP) is 3.73. The van der Waals surface area contributed by atoms with E-state index >= 15 is 0 Å². The molecule has 6 nitrogen and oxygen atoms in total. The van der Waals surface area contributed by atoms with Crippen molar-refractivity contribution in [2.24, 2.45) is 0 Å². The monoisotopic (exact) mass is 490 g/mol. The second-order valence-electron chi connectivity index (χ2n) is 7.83. The van der Waals surface area contributed by atoms with Crippen LogP contribution in [0.15, 0.2) is 29.2 Å². The van der Waals surface area contributed by atoms with E-state index in [2.05, 4.69) is 4.98 Å². The third-order valence-corrected chi connectivity index (χ3v) is 4.96. The summed E-state index contributed by atoms with van der Waals surface area (Å²) in [6.07, 6.45) is -2.80. The molecule has 3 rings (SSSR count). The van der Waals surface area contributed by atoms with Gasteiger partial charge >= 0.3 is 0 Å². The van der Waals surface area contributed by atoms with Gasteiger partial charge in [0.2, 0.25) is 5.43 Å². The van der Waals surface area contributed by atoms with Crippen LogP contribution in [0.1, 0.15) is 17.3 Å². The van der Waals surface area contributed by atoms with Gasteiger partial charge in [-0.15, -0.1) is 0 Å². The lowest BCUT2D eigenvalue weighted by Gasteiger charge is -2.26. The molecule has 0 aliphatic rings. The van der Waals surface area contributed by atoms with Crippen LogP contribution in [0.3, 0.4) is 0 Å². The Hall–Kier alpha value is -3.64. The first kappa shape index (κ1) is 25.0. The lowest BCUT2D eigenvalue weighted by Crippen LogP contribution is -2.54. The molecule has 1 aromatic carbocycles. The van der Waals surface area contributed by atoms with Crippen LogP contribution in [-0.2, 0) is 0 Å². The molecule has 0 aliphatic heterocycles. The number of halogens is 7. The van der Waals surface area contributed by atoms with Crippen LogP contribution in [0.5, 0.6) is 0 Å². The summed E-state index contributed by atoms with van der Waals surface area (Å²) in [6.45, 7) is -1.03. The number of benzene rings is 1. The normalized spacial score (nSPS) is 13.3. The summed E-state index contributed by atoms with van der Waals surface area (Å²) < 4.78 is 97.4. The minimum absolute atomic E-state index is 0.315. The summed E-state index contributed by atoms with van der Waals surface area (Å²) in [5.74, 6) is -7.10. The van der Waals surface area contributed by atoms with E-state index in [1.807, 2.05) is 0 Å². The molecule has 0 saturated heterocycles. The highest BCUT2D eigenvalue weighted by molar-refractivity contribution is 5.97. The van der Waals surface area contributed by atoms with Gasteiger partial charge in [0.1, 0.15) is 29.3 Å². The van der Waals surface area contributed by atoms with Gasteiger partial charge in [0.15, 0.2) is 28.9 Å². The van der Waals surface area contributed by atoms with Gasteiger partial charge in [-0.1, -0.05) is 0 Å². The first-order chi connectivity index (χ1) is 15.8. The number of anilines is 1. The Balaban J connectivity index is 2.40. The largest absolute Gasteiger partial charge is 0.360 e. The van der Waals surface area contributed by atoms with Crippen molar-refractivity contribution in [3.63, 3.8) is 0 Å². The maximum Gasteiger partial charge on any atom is 0.263 e. The van der Waals surface area contributed by atoms with Crippen molar-refractivity contribution in [1.29, 1.82) is 0 Å². The molecule has 0 spiro atoms. The van der Waals surface area contributed by atoms with Crippen LogP contribution >= 0.6 is 0 Å². The minimum atomic E-state index is -3.38. The number of rotatable bonds is 6. The summed E-state index contributed by atoms with van der Waals surface area (Å²) in [5.41, 5.74) is -6.37. The third kappa shape index (κ3) is 4.29. The van der Waals surface area contributed by atoms with Gasteiger partial charge in [-0.25, -0.2) is 35.7 Å². The molecule has 1 atom stereocenters. The fourth-order valence-corrected chi connectivity index (χ4v) is 3.10. The SMILES string of the molecule is CN(C)c1nc2c(cc1F)c(=O)c(C(=O)NC(C)(CF)C(F)F)cn2-c1c(F)cc(F)cc1F. The number of amides is 1. The molecule has 182 valence electrons. The molecule has 0 radical (unpaired) electrons. The van der Waals surface area contributed by atoms with E-state index in [4.69, 9.17) is 0 Å². The molecule has 0 saturated carbocycles. The molecular formula is C21H17F7N4O2. The van der Waals surface area contributed by atoms with Crippen LogP contribution < -0.4 is 15.6 Å². The average Bonchev–Trinajstić information content (AvgIpc) is 2.73. The lowest BCUT2D eigenvalue weighted by atomic mass is 10.0. The van der Waals surface area contributed by atoms with E-state index in [1.165, 1.54) is 19.0 Å². The van der Waals surface area contributed by atoms with E-state index in [1.54, 1.807) is 5.32 Å². The summed E-state index contributed by atoms with van der Waals surface area (Å²) >= 11 is 0. The number of hydrogen-bond acceptors (Lipinski definition) is 4. The highest BCUT2D eigenvalue weighted by Crippen LogP contribution is 2.26. The predicted molar refractivity (Wildman–Crippen MR) is 109 cm³/mol. The van der Waals surface area contributed by atoms with E-state index in [-0.39, 0.29) is 5.82 Å². The molecule has 3 aromatic rings. The van der Waals surface area contributed by atoms with Crippen molar-refractivity contribution in [1.82, 2.24) is 14.9 Å². The maximum atomic E-state index is 14.6. The van der Waals surface area contributed by atoms with Gasteiger partial charge in [-0.2, -0.15) is 0 Å². The Morgan fingerprint density at radius 2 is 1.71 bits per heavy atom. The zero-order valence-corrected chi connectivity index (χ0v) is 17.9. The Bertz CT molecular complexity index is 1320. The van der Waals surface area contributed by atoms with Crippen LogP contribution in [-0.4, -0.2) is 48.2 Å². The number of aromatic nitrogens is 2. The second-order valence-corrected chi connectivity index (χ2v) is 7.83. The second kappa shape index (κ2) is 8.95. The standard InChI is InChI=1S/C21H17F7N4O2/c1-21(8-22,20(27)28)30-19(34)11-7-32(15-12(24)4-9(23)5-13(15)25)17-10(16(11)33)6-14(26)18(29-17)31(2)3/h4-7,20H,8H2,1-3H3,(H,30,34). The average molecular weight is 490 g/mol. The molecule has 2 aromatic heterocycles. The number of carbonyl (C=O) groups is 1. The van der Waals surface area contributed by atoms with Crippen molar-refractivity contribution >= 4 is 22.8 Å². The van der Waals surface area contributed by atoms with E-state index < -0.39 is 75.5 Å². The van der Waals surface area contributed by atoms with Crippen molar-refractivity contribution in [3.8, 4) is 5.69 Å². The molecule has 1 N–H and O–H groups in total. The minimum Gasteiger partial charge on any atom is -0.360 e. The zero-order valence-electron chi connectivity index (χ0n) is 17.9. The van der Waals surface area contributed by atoms with Crippen LogP contribution in [0.2, 0.25) is 0 Å². The van der Waals surface area contributed by atoms with E-state index in [0.29, 0.717) is 35.9 Å². The quantitative estimate of drug-likeness (QED) is 0.535. The van der Waals surface area contributed by atoms with Crippen LogP contribution in [0, 0.1) is 23.3 Å². The van der Waals surface area contributed by atoms with Crippen LogP contribution in [0.4, 0.5) is 36.6 Å². The Morgan fingerprint density at radius 3 is 2.21 bits per heavy atom. The zero-order chi connectivity index (χ0) is 25.5. The number of fused-ring (bicyclic) bond motifs is 1. The van der Waals surface area contributed by atoms with E-state index in [0.717, 1.165) is 0 Å². The maximum absolute atomic E-state index is 14.6. The third-order valence-electron chi connectivity index (χ3n) is 4.96. The smallest absolute Gasteiger partial charge is 0.263 e. The number of alkyl halides is 3. The summed E-state index contributed by atoms with van der Waals surface area (Å²) in [5, 5.41) is 1.04. The van der Waals surface area contributed by atoms with Gasteiger partial charge in [-0.3, -0.25) is 14.2 Å². The molecule has 34 heavy (non-hydrogen) atoms. The van der Waals surface area contributed by atoms with Gasteiger partial charge in [0, 0.05) is 32.4 Å². The number of pyridine rings is 2. The van der Waals surface area contributed by atoms with Crippen LogP contribution in [0.25, 0.3) is 16.7 Å².